The van der Waals surface area contributed by atoms with Crippen LogP contribution in [0.2, 0.25) is 0 Å². The Morgan fingerprint density at radius 1 is 1.21 bits per heavy atom. The Labute approximate surface area is 175 Å². The van der Waals surface area contributed by atoms with E-state index in [4.69, 9.17) is 7.48 Å². The first-order valence-electron chi connectivity index (χ1n) is 10.8. The molecule has 1 aromatic heterocycles. The van der Waals surface area contributed by atoms with Crippen molar-refractivity contribution in [3.63, 3.8) is 0 Å². The van der Waals surface area contributed by atoms with Gasteiger partial charge in [-0.05, 0) is 54.6 Å². The first-order chi connectivity index (χ1) is 14.6. The van der Waals surface area contributed by atoms with Crippen LogP contribution in [0, 0.1) is 5.92 Å². The van der Waals surface area contributed by atoms with Gasteiger partial charge in [-0.3, -0.25) is 9.78 Å². The third-order valence-corrected chi connectivity index (χ3v) is 4.64. The number of rotatable bonds is 10. The number of ketones is 1. The monoisotopic (exact) mass is 402 g/mol. The predicted molar refractivity (Wildman–Crippen MR) is 111 cm³/mol. The maximum Gasteiger partial charge on any atom is 0.408 e. The molecule has 0 bridgehead atoms. The number of alkyl carbamates (subject to hydrolysis) is 1. The van der Waals surface area contributed by atoms with Crippen molar-refractivity contribution in [2.75, 3.05) is 0 Å². The highest BCUT2D eigenvalue weighted by Crippen LogP contribution is 2.21. The third kappa shape index (κ3) is 7.56. The lowest BCUT2D eigenvalue weighted by molar-refractivity contribution is -0.124. The molecule has 1 heterocycles. The largest absolute Gasteiger partial charge is 0.508 e. The number of hydrogen-bond donors (Lipinski definition) is 2. The Morgan fingerprint density at radius 2 is 1.86 bits per heavy atom. The van der Waals surface area contributed by atoms with Gasteiger partial charge < -0.3 is 15.2 Å². The maximum atomic E-state index is 13.1. The number of carbonyl (C=O) groups excluding carboxylic acids is 2. The van der Waals surface area contributed by atoms with Gasteiger partial charge in [0, 0.05) is 25.2 Å². The zero-order valence-electron chi connectivity index (χ0n) is 19.2. The van der Waals surface area contributed by atoms with E-state index in [1.807, 2.05) is 0 Å². The molecule has 1 amide bonds. The fourth-order valence-electron chi connectivity index (χ4n) is 2.96. The predicted octanol–water partition coefficient (Wildman–Crippen LogP) is 4.41. The Morgan fingerprint density at radius 3 is 2.48 bits per heavy atom. The van der Waals surface area contributed by atoms with Crippen molar-refractivity contribution in [2.24, 2.45) is 5.92 Å². The van der Waals surface area contributed by atoms with Gasteiger partial charge >= 0.3 is 6.09 Å². The van der Waals surface area contributed by atoms with Gasteiger partial charge in [-0.1, -0.05) is 32.4 Å². The molecule has 2 rings (SSSR count). The van der Waals surface area contributed by atoms with Gasteiger partial charge in [-0.25, -0.2) is 4.79 Å². The standard InChI is InChI=1S/C23H30N2O4/c1-17(2)5-4-6-21(27)23(3,15-18-7-9-20(26)10-8-18)25-22(28)29-16-19-11-13-24-14-12-19/h7-14,17,26H,4-6,15-16H2,1-3H3,(H,25,28)/t23-/m0/s1/i9T,10T. The van der Waals surface area contributed by atoms with Gasteiger partial charge in [0.1, 0.15) is 17.9 Å². The number of benzene rings is 1. The van der Waals surface area contributed by atoms with E-state index in [9.17, 15) is 14.7 Å². The quantitative estimate of drug-likeness (QED) is 0.614. The summed E-state index contributed by atoms with van der Waals surface area (Å²) >= 11 is 0. The molecule has 0 aliphatic heterocycles. The number of Topliss-reactive ketones (excluding diaryl/α,β-unsaturated/α-hetero) is 1. The van der Waals surface area contributed by atoms with Gasteiger partial charge in [0.25, 0.3) is 0 Å². The molecule has 0 aliphatic carbocycles. The molecule has 6 nitrogen and oxygen atoms in total. The van der Waals surface area contributed by atoms with Crippen LogP contribution in [-0.2, 0) is 22.6 Å². The molecule has 29 heavy (non-hydrogen) atoms. The van der Waals surface area contributed by atoms with Crippen LogP contribution in [0.1, 0.15) is 53.9 Å². The Bertz CT molecular complexity index is 883. The van der Waals surface area contributed by atoms with Crippen molar-refractivity contribution < 1.29 is 22.2 Å². The summed E-state index contributed by atoms with van der Waals surface area (Å²) in [7, 11) is 0. The summed E-state index contributed by atoms with van der Waals surface area (Å²) in [6, 6.07) is 5.86. The topological polar surface area (TPSA) is 88.5 Å². The molecule has 0 spiro atoms. The summed E-state index contributed by atoms with van der Waals surface area (Å²) < 4.78 is 20.9. The lowest BCUT2D eigenvalue weighted by atomic mass is 9.85. The molecule has 0 saturated carbocycles. The van der Waals surface area contributed by atoms with Gasteiger partial charge in [0.2, 0.25) is 0 Å². The second-order valence-corrected chi connectivity index (χ2v) is 7.78. The van der Waals surface area contributed by atoms with Gasteiger partial charge in [-0.15, -0.1) is 0 Å². The fourth-order valence-corrected chi connectivity index (χ4v) is 2.96. The molecular formula is C23H30N2O4. The molecule has 0 fully saturated rings. The van der Waals surface area contributed by atoms with Crippen LogP contribution in [0.25, 0.3) is 0 Å². The lowest BCUT2D eigenvalue weighted by Crippen LogP contribution is -2.54. The third-order valence-electron chi connectivity index (χ3n) is 4.64. The van der Waals surface area contributed by atoms with Crippen molar-refractivity contribution in [3.05, 3.63) is 59.9 Å². The number of hydrogen-bond acceptors (Lipinski definition) is 5. The fraction of sp³-hybridized carbons (Fsp3) is 0.435. The molecule has 0 aliphatic rings. The second kappa shape index (κ2) is 10.6. The Kier molecular flexibility index (Phi) is 7.10. The SMILES string of the molecule is [3H]c1cc(C[C@](C)(NC(=O)OCc2ccncc2)C(=O)CCCC(C)C)cc([3H])c1O. The number of phenolic OH excluding ortho intramolecular Hbond substituents is 1. The van der Waals surface area contributed by atoms with E-state index < -0.39 is 17.4 Å². The van der Waals surface area contributed by atoms with E-state index in [0.717, 1.165) is 12.0 Å². The molecule has 0 radical (unpaired) electrons. The van der Waals surface area contributed by atoms with E-state index in [-0.39, 0.29) is 30.9 Å². The minimum Gasteiger partial charge on any atom is -0.508 e. The summed E-state index contributed by atoms with van der Waals surface area (Å²) in [4.78, 5) is 29.5. The van der Waals surface area contributed by atoms with Crippen LogP contribution in [0.4, 0.5) is 4.79 Å². The molecule has 2 aromatic rings. The number of pyridine rings is 1. The summed E-state index contributed by atoms with van der Waals surface area (Å²) in [6.07, 6.45) is 4.42. The van der Waals surface area contributed by atoms with Gasteiger partial charge in [0.15, 0.2) is 5.78 Å². The summed E-state index contributed by atoms with van der Waals surface area (Å²) in [5.74, 6) is -0.107. The first-order valence-corrected chi connectivity index (χ1v) is 9.77. The van der Waals surface area contributed by atoms with Crippen molar-refractivity contribution in [2.45, 2.75) is 58.6 Å². The summed E-state index contributed by atoms with van der Waals surface area (Å²) in [6.45, 7) is 5.83. The van der Waals surface area contributed by atoms with Crippen LogP contribution >= 0.6 is 0 Å². The van der Waals surface area contributed by atoms with Crippen LogP contribution in [0.3, 0.4) is 0 Å². The Balaban J connectivity index is 2.16. The number of nitrogens with zero attached hydrogens (tertiary/aromatic N) is 1. The normalized spacial score (nSPS) is 13.9. The summed E-state index contributed by atoms with van der Waals surface area (Å²) in [5, 5.41) is 12.4. The highest BCUT2D eigenvalue weighted by molar-refractivity contribution is 5.91. The van der Waals surface area contributed by atoms with Crippen LogP contribution in [0.5, 0.6) is 5.75 Å². The zero-order chi connectivity index (χ0) is 23.0. The van der Waals surface area contributed by atoms with Gasteiger partial charge in [0.05, 0.1) is 2.74 Å². The van der Waals surface area contributed by atoms with E-state index in [1.54, 1.807) is 31.5 Å². The zero-order valence-corrected chi connectivity index (χ0v) is 17.2. The number of amides is 1. The van der Waals surface area contributed by atoms with Crippen molar-refractivity contribution in [1.29, 1.82) is 0 Å². The minimum absolute atomic E-state index is 0.0406. The lowest BCUT2D eigenvalue weighted by Gasteiger charge is -2.29. The molecular weight excluding hydrogens is 368 g/mol. The number of carbonyl (C=O) groups is 2. The van der Waals surface area contributed by atoms with E-state index in [0.29, 0.717) is 24.3 Å². The maximum absolute atomic E-state index is 13.1. The molecule has 6 heteroatoms. The molecule has 1 atom stereocenters. The molecule has 0 saturated heterocycles. The van der Waals surface area contributed by atoms with Crippen LogP contribution in [0.15, 0.2) is 48.7 Å². The van der Waals surface area contributed by atoms with E-state index >= 15 is 0 Å². The molecule has 2 N–H and O–H groups in total. The average Bonchev–Trinajstić information content (AvgIpc) is 2.70. The van der Waals surface area contributed by atoms with E-state index in [1.165, 1.54) is 12.1 Å². The molecule has 1 aromatic carbocycles. The average molecular weight is 403 g/mol. The first kappa shape index (κ1) is 19.4. The molecule has 0 unspecified atom stereocenters. The smallest absolute Gasteiger partial charge is 0.408 e. The number of aromatic nitrogens is 1. The minimum atomic E-state index is -1.28. The van der Waals surface area contributed by atoms with Crippen molar-refractivity contribution in [3.8, 4) is 5.75 Å². The van der Waals surface area contributed by atoms with Crippen molar-refractivity contribution >= 4 is 11.9 Å². The number of phenols is 1. The summed E-state index contributed by atoms with van der Waals surface area (Å²) in [5.41, 5.74) is -0.00407. The van der Waals surface area contributed by atoms with Crippen molar-refractivity contribution in [1.82, 2.24) is 10.3 Å². The van der Waals surface area contributed by atoms with Gasteiger partial charge in [-0.2, -0.15) is 0 Å². The van der Waals surface area contributed by atoms with Crippen LogP contribution < -0.4 is 5.32 Å². The number of ether oxygens (including phenoxy) is 1. The Hall–Kier alpha value is -2.89. The second-order valence-electron chi connectivity index (χ2n) is 7.78. The van der Waals surface area contributed by atoms with Crippen LogP contribution in [-0.4, -0.2) is 27.5 Å². The van der Waals surface area contributed by atoms with E-state index in [2.05, 4.69) is 24.1 Å². The highest BCUT2D eigenvalue weighted by Gasteiger charge is 2.35. The highest BCUT2D eigenvalue weighted by atomic mass is 16.5. The number of nitrogens with one attached hydrogen (secondary N) is 1. The molecule has 156 valence electrons. The number of aromatic hydroxyl groups is 1.